The summed E-state index contributed by atoms with van der Waals surface area (Å²) < 4.78 is 18.7. The number of aliphatic imine (C=N–C) groups is 1. The molecular weight excluding hydrogens is 429 g/mol. The Labute approximate surface area is 204 Å². The maximum Gasteiger partial charge on any atom is 0.335 e. The largest absolute Gasteiger partial charge is 0.467 e. The van der Waals surface area contributed by atoms with Crippen molar-refractivity contribution in [1.82, 2.24) is 9.80 Å². The van der Waals surface area contributed by atoms with E-state index in [0.717, 1.165) is 32.1 Å². The number of esters is 1. The Hall–Kier alpha value is -1.95. The molecule has 4 rings (SSSR count). The van der Waals surface area contributed by atoms with Gasteiger partial charge in [0.1, 0.15) is 5.82 Å². The Balaban J connectivity index is 1.44. The summed E-state index contributed by atoms with van der Waals surface area (Å²) in [6.45, 7) is 1.96. The van der Waals surface area contributed by atoms with Gasteiger partial charge < -0.3 is 14.5 Å². The van der Waals surface area contributed by atoms with Gasteiger partial charge in [-0.05, 0) is 82.7 Å². The smallest absolute Gasteiger partial charge is 0.335 e. The molecule has 0 N–H and O–H groups in total. The van der Waals surface area contributed by atoms with Crippen LogP contribution in [0.3, 0.4) is 0 Å². The van der Waals surface area contributed by atoms with Crippen LogP contribution in [0.15, 0.2) is 29.3 Å². The highest BCUT2D eigenvalue weighted by molar-refractivity contribution is 5.86. The summed E-state index contributed by atoms with van der Waals surface area (Å²) in [4.78, 5) is 22.3. The molecule has 2 fully saturated rings. The fourth-order valence-corrected chi connectivity index (χ4v) is 6.83. The van der Waals surface area contributed by atoms with Gasteiger partial charge in [-0.2, -0.15) is 0 Å². The van der Waals surface area contributed by atoms with Gasteiger partial charge in [-0.1, -0.05) is 44.2 Å². The van der Waals surface area contributed by atoms with Crippen LogP contribution in [-0.2, 0) is 9.53 Å². The highest BCUT2D eigenvalue weighted by atomic mass is 19.1. The standard InChI is InChI=1S/C28H42FN3O2/c1-28(27(33)34-4)25(32(19-30-28)24-8-6-5-7-9-24)18-20-10-12-21(13-11-20)26(31(2)3)22-14-16-23(29)17-15-22/h14-17,19-21,24-26H,5-13,18H2,1-4H3. The molecule has 34 heavy (non-hydrogen) atoms. The Morgan fingerprint density at radius 1 is 1.12 bits per heavy atom. The molecule has 0 bridgehead atoms. The summed E-state index contributed by atoms with van der Waals surface area (Å²) in [6, 6.07) is 7.89. The second-order valence-electron chi connectivity index (χ2n) is 11.1. The molecule has 0 saturated heterocycles. The molecule has 3 aliphatic rings. The number of carbonyl (C=O) groups excluding carboxylic acids is 1. The van der Waals surface area contributed by atoms with E-state index in [2.05, 4.69) is 23.9 Å². The summed E-state index contributed by atoms with van der Waals surface area (Å²) in [5.74, 6) is 0.733. The third-order valence-corrected chi connectivity index (χ3v) is 8.73. The van der Waals surface area contributed by atoms with Crippen molar-refractivity contribution in [3.63, 3.8) is 0 Å². The second kappa shape index (κ2) is 10.8. The van der Waals surface area contributed by atoms with Crippen LogP contribution in [0.25, 0.3) is 0 Å². The molecule has 3 unspecified atom stereocenters. The Morgan fingerprint density at radius 2 is 1.76 bits per heavy atom. The lowest BCUT2D eigenvalue weighted by atomic mass is 9.73. The highest BCUT2D eigenvalue weighted by Gasteiger charge is 2.50. The van der Waals surface area contributed by atoms with Crippen molar-refractivity contribution in [3.05, 3.63) is 35.6 Å². The zero-order valence-electron chi connectivity index (χ0n) is 21.4. The van der Waals surface area contributed by atoms with E-state index in [-0.39, 0.29) is 17.8 Å². The molecular formula is C28H42FN3O2. The molecule has 6 heteroatoms. The third kappa shape index (κ3) is 5.17. The molecule has 1 aromatic carbocycles. The first-order chi connectivity index (χ1) is 16.3. The monoisotopic (exact) mass is 471 g/mol. The fraction of sp³-hybridized carbons (Fsp3) is 0.714. The number of ether oxygens (including phenoxy) is 1. The van der Waals surface area contributed by atoms with Gasteiger partial charge in [0.25, 0.3) is 0 Å². The first-order valence-corrected chi connectivity index (χ1v) is 13.2. The molecule has 5 nitrogen and oxygen atoms in total. The molecule has 2 aliphatic carbocycles. The van der Waals surface area contributed by atoms with E-state index < -0.39 is 5.54 Å². The van der Waals surface area contributed by atoms with E-state index in [0.29, 0.717) is 23.9 Å². The number of methoxy groups -OCH3 is 1. The van der Waals surface area contributed by atoms with Crippen molar-refractivity contribution in [2.24, 2.45) is 16.8 Å². The quantitative estimate of drug-likeness (QED) is 0.486. The van der Waals surface area contributed by atoms with Gasteiger partial charge in [0.2, 0.25) is 0 Å². The van der Waals surface area contributed by atoms with E-state index in [4.69, 9.17) is 9.73 Å². The van der Waals surface area contributed by atoms with E-state index in [1.54, 1.807) is 12.1 Å². The number of hydrogen-bond donors (Lipinski definition) is 0. The van der Waals surface area contributed by atoms with Crippen LogP contribution in [-0.4, -0.2) is 60.9 Å². The second-order valence-corrected chi connectivity index (χ2v) is 11.1. The maximum absolute atomic E-state index is 13.5. The molecule has 188 valence electrons. The van der Waals surface area contributed by atoms with Gasteiger partial charge in [0.05, 0.1) is 19.5 Å². The minimum Gasteiger partial charge on any atom is -0.467 e. The van der Waals surface area contributed by atoms with Gasteiger partial charge in [-0.25, -0.2) is 9.18 Å². The maximum atomic E-state index is 13.5. The van der Waals surface area contributed by atoms with Crippen molar-refractivity contribution in [2.75, 3.05) is 21.2 Å². The number of nitrogens with zero attached hydrogens (tertiary/aromatic N) is 3. The molecule has 1 aromatic rings. The van der Waals surface area contributed by atoms with Crippen LogP contribution in [0.2, 0.25) is 0 Å². The lowest BCUT2D eigenvalue weighted by Crippen LogP contribution is -2.53. The van der Waals surface area contributed by atoms with E-state index >= 15 is 0 Å². The average molecular weight is 472 g/mol. The summed E-state index contributed by atoms with van der Waals surface area (Å²) in [5, 5.41) is 0. The van der Waals surface area contributed by atoms with E-state index in [9.17, 15) is 9.18 Å². The Morgan fingerprint density at radius 3 is 2.35 bits per heavy atom. The van der Waals surface area contributed by atoms with Crippen molar-refractivity contribution < 1.29 is 13.9 Å². The van der Waals surface area contributed by atoms with Gasteiger partial charge >= 0.3 is 5.97 Å². The molecule has 1 heterocycles. The van der Waals surface area contributed by atoms with Crippen LogP contribution in [0.1, 0.15) is 82.7 Å². The zero-order chi connectivity index (χ0) is 24.3. The van der Waals surface area contributed by atoms with E-state index in [1.807, 2.05) is 25.4 Å². The van der Waals surface area contributed by atoms with Gasteiger partial charge in [0.15, 0.2) is 5.54 Å². The Bertz CT molecular complexity index is 844. The van der Waals surface area contributed by atoms with Crippen LogP contribution in [0, 0.1) is 17.7 Å². The fourth-order valence-electron chi connectivity index (χ4n) is 6.83. The van der Waals surface area contributed by atoms with Crippen molar-refractivity contribution in [1.29, 1.82) is 0 Å². The molecule has 0 radical (unpaired) electrons. The predicted octanol–water partition coefficient (Wildman–Crippen LogP) is 5.60. The normalized spacial score (nSPS) is 31.1. The Kier molecular flexibility index (Phi) is 7.96. The predicted molar refractivity (Wildman–Crippen MR) is 134 cm³/mol. The topological polar surface area (TPSA) is 45.1 Å². The minimum atomic E-state index is -0.816. The number of carbonyl (C=O) groups is 1. The number of rotatable bonds is 7. The molecule has 1 aliphatic heterocycles. The van der Waals surface area contributed by atoms with Crippen molar-refractivity contribution >= 4 is 12.3 Å². The molecule has 3 atom stereocenters. The first-order valence-electron chi connectivity index (χ1n) is 13.2. The number of benzene rings is 1. The zero-order valence-corrected chi connectivity index (χ0v) is 21.4. The molecule has 0 aromatic heterocycles. The lowest BCUT2D eigenvalue weighted by Gasteiger charge is -2.43. The van der Waals surface area contributed by atoms with Gasteiger partial charge in [-0.3, -0.25) is 4.99 Å². The van der Waals surface area contributed by atoms with Gasteiger partial charge in [-0.15, -0.1) is 0 Å². The average Bonchev–Trinajstić information content (AvgIpc) is 3.18. The molecule has 0 spiro atoms. The van der Waals surface area contributed by atoms with Crippen molar-refractivity contribution in [3.8, 4) is 0 Å². The van der Waals surface area contributed by atoms with Crippen LogP contribution in [0.4, 0.5) is 4.39 Å². The summed E-state index contributed by atoms with van der Waals surface area (Å²) in [5.41, 5.74) is 0.379. The lowest BCUT2D eigenvalue weighted by molar-refractivity contribution is -0.148. The van der Waals surface area contributed by atoms with Gasteiger partial charge in [0, 0.05) is 12.1 Å². The summed E-state index contributed by atoms with van der Waals surface area (Å²) >= 11 is 0. The SMILES string of the molecule is COC(=O)C1(C)N=CN(C2CCCCC2)C1CC1CCC(C(c2ccc(F)cc2)N(C)C)CC1. The minimum absolute atomic E-state index is 0.0753. The molecule has 0 amide bonds. The highest BCUT2D eigenvalue weighted by Crippen LogP contribution is 2.43. The van der Waals surface area contributed by atoms with Crippen molar-refractivity contribution in [2.45, 2.75) is 94.8 Å². The van der Waals surface area contributed by atoms with Crippen LogP contribution >= 0.6 is 0 Å². The summed E-state index contributed by atoms with van der Waals surface area (Å²) in [7, 11) is 5.73. The summed E-state index contributed by atoms with van der Waals surface area (Å²) in [6.07, 6.45) is 13.8. The number of halogens is 1. The van der Waals surface area contributed by atoms with Crippen LogP contribution < -0.4 is 0 Å². The third-order valence-electron chi connectivity index (χ3n) is 8.73. The van der Waals surface area contributed by atoms with Crippen LogP contribution in [0.5, 0.6) is 0 Å². The number of hydrogen-bond acceptors (Lipinski definition) is 5. The molecule has 2 saturated carbocycles. The first kappa shape index (κ1) is 25.2. The van der Waals surface area contributed by atoms with E-state index in [1.165, 1.54) is 44.8 Å².